The van der Waals surface area contributed by atoms with Crippen LogP contribution in [0.3, 0.4) is 0 Å². The fourth-order valence-electron chi connectivity index (χ4n) is 1.16. The monoisotopic (exact) mass is 505 g/mol. The van der Waals surface area contributed by atoms with E-state index in [4.69, 9.17) is 9.05 Å². The third-order valence-electron chi connectivity index (χ3n) is 1.91. The molecule has 0 heterocycles. The molecule has 0 aromatic carbocycles. The van der Waals surface area contributed by atoms with E-state index in [9.17, 15) is 14.3 Å². The molecule has 0 aromatic rings. The lowest BCUT2D eigenvalue weighted by Gasteiger charge is -2.12. The van der Waals surface area contributed by atoms with Gasteiger partial charge in [-0.1, -0.05) is 12.8 Å². The second kappa shape index (κ2) is 10.8. The van der Waals surface area contributed by atoms with Gasteiger partial charge in [0.1, 0.15) is 0 Å². The van der Waals surface area contributed by atoms with Crippen molar-refractivity contribution in [2.75, 3.05) is 13.2 Å². The molecular formula is C9H18I2NO5P. The first-order valence-electron chi connectivity index (χ1n) is 5.52. The van der Waals surface area contributed by atoms with Crippen LogP contribution in [0.1, 0.15) is 32.6 Å². The maximum Gasteiger partial charge on any atom is 0.473 e. The zero-order valence-corrected chi connectivity index (χ0v) is 15.3. The van der Waals surface area contributed by atoms with Crippen LogP contribution in [0.15, 0.2) is 0 Å². The Balaban J connectivity index is 3.40. The highest BCUT2D eigenvalue weighted by molar-refractivity contribution is 14.2. The lowest BCUT2D eigenvalue weighted by Crippen LogP contribution is -2.20. The van der Waals surface area contributed by atoms with Crippen molar-refractivity contribution in [3.63, 3.8) is 0 Å². The van der Waals surface area contributed by atoms with E-state index in [1.807, 2.05) is 45.2 Å². The first kappa shape index (κ1) is 19.0. The molecule has 2 N–H and O–H groups in total. The number of amides is 1. The Hall–Kier alpha value is 1.04. The van der Waals surface area contributed by atoms with Gasteiger partial charge in [0.25, 0.3) is 0 Å². The summed E-state index contributed by atoms with van der Waals surface area (Å²) in [5, 5.41) is 2.71. The molecule has 0 rings (SSSR count). The standard InChI is InChI=1S/C9H18I2NO5P/c1-8(13)12-6-4-2-3-5-7-16-18(14,15)17-9(10)11/h9H,2-7H2,1H3,(H,12,13)(H,14,15). The van der Waals surface area contributed by atoms with Crippen LogP contribution in [0.25, 0.3) is 0 Å². The van der Waals surface area contributed by atoms with E-state index in [1.54, 1.807) is 0 Å². The van der Waals surface area contributed by atoms with Crippen molar-refractivity contribution < 1.29 is 23.3 Å². The van der Waals surface area contributed by atoms with Crippen LogP contribution in [0, 0.1) is 0 Å². The Morgan fingerprint density at radius 1 is 1.33 bits per heavy atom. The molecule has 0 aromatic heterocycles. The Morgan fingerprint density at radius 3 is 2.50 bits per heavy atom. The molecule has 108 valence electrons. The lowest BCUT2D eigenvalue weighted by molar-refractivity contribution is -0.118. The summed E-state index contributed by atoms with van der Waals surface area (Å²) in [6, 6.07) is 0. The van der Waals surface area contributed by atoms with Gasteiger partial charge < -0.3 is 10.2 Å². The Bertz CT molecular complexity index is 290. The second-order valence-electron chi connectivity index (χ2n) is 3.57. The lowest BCUT2D eigenvalue weighted by atomic mass is 10.2. The number of hydrogen-bond acceptors (Lipinski definition) is 4. The maximum absolute atomic E-state index is 11.3. The van der Waals surface area contributed by atoms with Gasteiger partial charge in [0.2, 0.25) is 5.91 Å². The number of unbranched alkanes of at least 4 members (excludes halogenated alkanes) is 3. The molecule has 0 saturated carbocycles. The van der Waals surface area contributed by atoms with Crippen LogP contribution in [0.5, 0.6) is 0 Å². The van der Waals surface area contributed by atoms with Crippen molar-refractivity contribution in [2.24, 2.45) is 0 Å². The Labute approximate surface area is 134 Å². The van der Waals surface area contributed by atoms with Crippen molar-refractivity contribution >= 4 is 58.9 Å². The SMILES string of the molecule is CC(=O)NCCCCCCOP(=O)(O)OC(I)I. The minimum Gasteiger partial charge on any atom is -0.356 e. The van der Waals surface area contributed by atoms with Crippen LogP contribution in [-0.2, 0) is 18.4 Å². The Morgan fingerprint density at radius 2 is 1.94 bits per heavy atom. The molecule has 0 radical (unpaired) electrons. The largest absolute Gasteiger partial charge is 0.473 e. The smallest absolute Gasteiger partial charge is 0.356 e. The quantitative estimate of drug-likeness (QED) is 0.207. The minimum atomic E-state index is -3.90. The van der Waals surface area contributed by atoms with Gasteiger partial charge in [0.05, 0.1) is 6.61 Å². The molecule has 0 aliphatic rings. The minimum absolute atomic E-state index is 0.0242. The number of carbonyl (C=O) groups excluding carboxylic acids is 1. The number of phosphoric acid groups is 1. The summed E-state index contributed by atoms with van der Waals surface area (Å²) in [5.41, 5.74) is 0. The van der Waals surface area contributed by atoms with Gasteiger partial charge >= 0.3 is 7.82 Å². The van der Waals surface area contributed by atoms with Crippen LogP contribution in [0.4, 0.5) is 0 Å². The molecule has 18 heavy (non-hydrogen) atoms. The number of hydrogen-bond donors (Lipinski definition) is 2. The summed E-state index contributed by atoms with van der Waals surface area (Å²) in [5.74, 6) is -0.0242. The molecule has 0 fully saturated rings. The molecule has 9 heteroatoms. The number of alkyl halides is 2. The van der Waals surface area contributed by atoms with E-state index in [0.717, 1.165) is 19.3 Å². The van der Waals surface area contributed by atoms with Gasteiger partial charge in [0.15, 0.2) is 2.12 Å². The van der Waals surface area contributed by atoms with E-state index < -0.39 is 9.94 Å². The van der Waals surface area contributed by atoms with Crippen LogP contribution >= 0.6 is 53.0 Å². The highest BCUT2D eigenvalue weighted by Crippen LogP contribution is 2.46. The zero-order chi connectivity index (χ0) is 14.0. The molecular weight excluding hydrogens is 487 g/mol. The van der Waals surface area contributed by atoms with Crippen LogP contribution < -0.4 is 5.32 Å². The highest BCUT2D eigenvalue weighted by Gasteiger charge is 2.23. The van der Waals surface area contributed by atoms with E-state index in [0.29, 0.717) is 13.0 Å². The molecule has 1 amide bonds. The van der Waals surface area contributed by atoms with E-state index in [2.05, 4.69) is 5.32 Å². The fourth-order valence-corrected chi connectivity index (χ4v) is 3.50. The molecule has 0 aliphatic carbocycles. The molecule has 0 bridgehead atoms. The Kier molecular flexibility index (Phi) is 11.4. The molecule has 1 unspecified atom stereocenters. The van der Waals surface area contributed by atoms with Gasteiger partial charge in [-0.3, -0.25) is 13.8 Å². The summed E-state index contributed by atoms with van der Waals surface area (Å²) in [6.07, 6.45) is 3.43. The predicted molar refractivity (Wildman–Crippen MR) is 85.8 cm³/mol. The maximum atomic E-state index is 11.3. The summed E-state index contributed by atoms with van der Waals surface area (Å²) in [4.78, 5) is 19.8. The first-order valence-corrected chi connectivity index (χ1v) is 9.50. The van der Waals surface area contributed by atoms with Crippen LogP contribution in [-0.4, -0.2) is 26.1 Å². The average Bonchev–Trinajstić information content (AvgIpc) is 2.19. The van der Waals surface area contributed by atoms with Crippen molar-refractivity contribution in [2.45, 2.75) is 34.7 Å². The zero-order valence-electron chi connectivity index (χ0n) is 10.1. The highest BCUT2D eigenvalue weighted by atomic mass is 127. The van der Waals surface area contributed by atoms with Gasteiger partial charge in [-0.2, -0.15) is 0 Å². The van der Waals surface area contributed by atoms with Gasteiger partial charge in [-0.05, 0) is 58.0 Å². The van der Waals surface area contributed by atoms with Crippen molar-refractivity contribution in [1.29, 1.82) is 0 Å². The number of phosphoric ester groups is 1. The van der Waals surface area contributed by atoms with Crippen molar-refractivity contribution in [3.8, 4) is 0 Å². The summed E-state index contributed by atoms with van der Waals surface area (Å²) < 4.78 is 20.4. The second-order valence-corrected chi connectivity index (χ2v) is 9.62. The summed E-state index contributed by atoms with van der Waals surface area (Å²) in [6.45, 7) is 2.36. The van der Waals surface area contributed by atoms with Crippen LogP contribution in [0.2, 0.25) is 0 Å². The van der Waals surface area contributed by atoms with Crippen molar-refractivity contribution in [1.82, 2.24) is 5.32 Å². The number of halogens is 2. The average molecular weight is 505 g/mol. The van der Waals surface area contributed by atoms with E-state index in [-0.39, 0.29) is 12.5 Å². The third kappa shape index (κ3) is 13.5. The first-order chi connectivity index (χ1) is 8.33. The number of nitrogens with one attached hydrogen (secondary N) is 1. The summed E-state index contributed by atoms with van der Waals surface area (Å²) in [7, 11) is -3.90. The molecule has 0 spiro atoms. The van der Waals surface area contributed by atoms with Gasteiger partial charge in [-0.15, -0.1) is 0 Å². The fraction of sp³-hybridized carbons (Fsp3) is 0.889. The van der Waals surface area contributed by atoms with E-state index in [1.165, 1.54) is 6.92 Å². The molecule has 0 aliphatic heterocycles. The predicted octanol–water partition coefficient (Wildman–Crippen LogP) is 2.97. The normalized spacial score (nSPS) is 14.5. The summed E-state index contributed by atoms with van der Waals surface area (Å²) >= 11 is 3.75. The van der Waals surface area contributed by atoms with Crippen molar-refractivity contribution in [3.05, 3.63) is 0 Å². The number of rotatable bonds is 10. The topological polar surface area (TPSA) is 84.9 Å². The molecule has 6 nitrogen and oxygen atoms in total. The molecule has 0 saturated heterocycles. The van der Waals surface area contributed by atoms with E-state index >= 15 is 0 Å². The van der Waals surface area contributed by atoms with Gasteiger partial charge in [0, 0.05) is 13.5 Å². The van der Waals surface area contributed by atoms with Gasteiger partial charge in [-0.25, -0.2) is 4.57 Å². The third-order valence-corrected chi connectivity index (χ3v) is 4.21. The number of carbonyl (C=O) groups is 1. The molecule has 1 atom stereocenters.